The van der Waals surface area contributed by atoms with Gasteiger partial charge in [0.2, 0.25) is 0 Å². The van der Waals surface area contributed by atoms with Crippen LogP contribution >= 0.6 is 23.2 Å². The Morgan fingerprint density at radius 3 is 1.90 bits per heavy atom. The zero-order valence-electron chi connectivity index (χ0n) is 34.4. The van der Waals surface area contributed by atoms with E-state index >= 15 is 0 Å². The van der Waals surface area contributed by atoms with Crippen LogP contribution in [-0.2, 0) is 20.5 Å². The number of aromatic nitrogens is 4. The number of amides is 1. The zero-order valence-corrected chi connectivity index (χ0v) is 35.9. The van der Waals surface area contributed by atoms with Crippen LogP contribution in [0.25, 0.3) is 11.2 Å². The van der Waals surface area contributed by atoms with Gasteiger partial charge in [0.05, 0.1) is 39.0 Å². The Hall–Kier alpha value is -6.22. The maximum absolute atomic E-state index is 13.0. The summed E-state index contributed by atoms with van der Waals surface area (Å²) in [6.45, 7) is 0.174. The van der Waals surface area contributed by atoms with E-state index in [2.05, 4.69) is 20.3 Å². The summed E-state index contributed by atoms with van der Waals surface area (Å²) in [5, 5.41) is 26.4. The van der Waals surface area contributed by atoms with E-state index in [1.807, 2.05) is 103 Å². The number of ether oxygens (including phenoxy) is 4. The van der Waals surface area contributed by atoms with Crippen LogP contribution in [0.1, 0.15) is 53.3 Å². The lowest BCUT2D eigenvalue weighted by atomic mass is 9.64. The second-order valence-corrected chi connectivity index (χ2v) is 16.2. The molecular weight excluding hydrogens is 845 g/mol. The Morgan fingerprint density at radius 2 is 1.37 bits per heavy atom. The van der Waals surface area contributed by atoms with Crippen LogP contribution in [0, 0.1) is 0 Å². The molecule has 1 fully saturated rings. The van der Waals surface area contributed by atoms with Crippen molar-refractivity contribution in [3.8, 4) is 11.5 Å². The third kappa shape index (κ3) is 8.50. The van der Waals surface area contributed by atoms with Gasteiger partial charge >= 0.3 is 6.09 Å². The fourth-order valence-corrected chi connectivity index (χ4v) is 9.21. The molecule has 7 aromatic rings. The van der Waals surface area contributed by atoms with E-state index in [4.69, 9.17) is 42.1 Å². The molecular formula is C48H45Cl2N5O8. The largest absolute Gasteiger partial charge is 0.497 e. The second-order valence-electron chi connectivity index (χ2n) is 15.3. The van der Waals surface area contributed by atoms with Crippen LogP contribution in [0.5, 0.6) is 11.5 Å². The van der Waals surface area contributed by atoms with Gasteiger partial charge in [0.15, 0.2) is 11.2 Å². The number of nitrogens with one attached hydrogen (secondary N) is 2. The predicted octanol–water partition coefficient (Wildman–Crippen LogP) is 8.50. The zero-order chi connectivity index (χ0) is 44.1. The fourth-order valence-electron chi connectivity index (χ4n) is 8.96. The van der Waals surface area contributed by atoms with Gasteiger partial charge in [0.25, 0.3) is 5.56 Å². The molecule has 0 aliphatic carbocycles. The summed E-state index contributed by atoms with van der Waals surface area (Å²) < 4.78 is 26.6. The molecule has 324 valence electrons. The van der Waals surface area contributed by atoms with Crippen molar-refractivity contribution in [1.82, 2.24) is 24.8 Å². The van der Waals surface area contributed by atoms with Crippen molar-refractivity contribution in [3.05, 3.63) is 188 Å². The molecule has 4 N–H and O–H groups in total. The number of halogens is 2. The molecule has 1 saturated heterocycles. The van der Waals surface area contributed by atoms with Gasteiger partial charge in [-0.1, -0.05) is 102 Å². The highest BCUT2D eigenvalue weighted by molar-refractivity contribution is 6.30. The highest BCUT2D eigenvalue weighted by Gasteiger charge is 2.52. The number of aliphatic hydroxyl groups excluding tert-OH is 1. The molecule has 4 atom stereocenters. The van der Waals surface area contributed by atoms with Crippen molar-refractivity contribution in [2.45, 2.75) is 54.8 Å². The van der Waals surface area contributed by atoms with E-state index in [0.717, 1.165) is 16.7 Å². The molecule has 1 aliphatic heterocycles. The molecule has 0 bridgehead atoms. The molecule has 1 unspecified atom stereocenters. The number of benzene rings is 5. The molecule has 5 aromatic carbocycles. The van der Waals surface area contributed by atoms with Gasteiger partial charge in [-0.25, -0.2) is 14.8 Å². The van der Waals surface area contributed by atoms with E-state index in [1.54, 1.807) is 43.1 Å². The first-order valence-electron chi connectivity index (χ1n) is 20.3. The summed E-state index contributed by atoms with van der Waals surface area (Å²) in [4.78, 5) is 36.7. The molecule has 2 aromatic heterocycles. The lowest BCUT2D eigenvalue weighted by Gasteiger charge is -2.45. The minimum Gasteiger partial charge on any atom is -0.497 e. The Bertz CT molecular complexity index is 2600. The van der Waals surface area contributed by atoms with E-state index in [0.29, 0.717) is 39.1 Å². The molecule has 1 aliphatic rings. The Morgan fingerprint density at radius 1 is 0.825 bits per heavy atom. The molecule has 15 heteroatoms. The van der Waals surface area contributed by atoms with E-state index in [9.17, 15) is 19.8 Å². The van der Waals surface area contributed by atoms with Crippen LogP contribution in [0.3, 0.4) is 0 Å². The van der Waals surface area contributed by atoms with E-state index in [-0.39, 0.29) is 30.6 Å². The topological polar surface area (TPSA) is 170 Å². The maximum Gasteiger partial charge on any atom is 0.405 e. The number of aliphatic hydroxyl groups is 1. The van der Waals surface area contributed by atoms with Gasteiger partial charge in [-0.15, -0.1) is 0 Å². The Kier molecular flexibility index (Phi) is 12.8. The molecule has 1 amide bonds. The number of hydrogen-bond donors (Lipinski definition) is 4. The van der Waals surface area contributed by atoms with Crippen LogP contribution in [0.4, 0.5) is 4.79 Å². The minimum atomic E-state index is -1.33. The smallest absolute Gasteiger partial charge is 0.405 e. The van der Waals surface area contributed by atoms with Crippen molar-refractivity contribution in [3.63, 3.8) is 0 Å². The average molecular weight is 891 g/mol. The van der Waals surface area contributed by atoms with Crippen molar-refractivity contribution in [2.24, 2.45) is 0 Å². The van der Waals surface area contributed by atoms with Gasteiger partial charge < -0.3 is 39.5 Å². The highest BCUT2D eigenvalue weighted by Crippen LogP contribution is 2.47. The number of carboxylic acid groups (broad SMARTS) is 1. The Labute approximate surface area is 373 Å². The highest BCUT2D eigenvalue weighted by atomic mass is 35.5. The SMILES string of the molecule is COc1ccc(C(OCCCC(c2ccc(Cl)cc2)(c2ccc(Cl)cc2)C(NC(=O)O)[C@H]2O[C@@H](n3cnc4c(=O)[nH]cnc43)C[C@H]2O)(c2ccccc2)c2ccc(OC)cc2)cc1. The summed E-state index contributed by atoms with van der Waals surface area (Å²) in [6, 6.07) is 38.8. The number of nitrogens with zero attached hydrogens (tertiary/aromatic N) is 3. The van der Waals surface area contributed by atoms with Gasteiger partial charge in [0.1, 0.15) is 29.4 Å². The Balaban J connectivity index is 1.24. The summed E-state index contributed by atoms with van der Waals surface area (Å²) in [7, 11) is 3.24. The minimum absolute atomic E-state index is 0.0478. The van der Waals surface area contributed by atoms with Crippen LogP contribution in [0.2, 0.25) is 10.0 Å². The van der Waals surface area contributed by atoms with E-state index < -0.39 is 47.1 Å². The predicted molar refractivity (Wildman–Crippen MR) is 239 cm³/mol. The normalized spacial score (nSPS) is 17.1. The first-order valence-corrected chi connectivity index (χ1v) is 21.1. The van der Waals surface area contributed by atoms with Gasteiger partial charge in [0, 0.05) is 28.5 Å². The number of H-pyrrole nitrogens is 1. The number of fused-ring (bicyclic) bond motifs is 1. The van der Waals surface area contributed by atoms with Gasteiger partial charge in [-0.05, 0) is 89.2 Å². The molecule has 13 nitrogen and oxygen atoms in total. The van der Waals surface area contributed by atoms with Crippen molar-refractivity contribution < 1.29 is 34.0 Å². The lowest BCUT2D eigenvalue weighted by Crippen LogP contribution is -2.59. The number of aromatic amines is 1. The first-order chi connectivity index (χ1) is 30.6. The average Bonchev–Trinajstić information content (AvgIpc) is 3.92. The monoisotopic (exact) mass is 889 g/mol. The molecule has 63 heavy (non-hydrogen) atoms. The standard InChI is InChI=1S/C48H45Cl2N5O8/c1-60-37-21-13-33(14-22-37)48(32-7-4-3-5-8-32,34-15-23-38(61-2)24-16-34)62-26-6-25-47(30-9-17-35(49)18-10-30,31-11-19-36(50)20-12-31)43(54-46(58)59)42-39(56)27-40(63-42)55-29-53-41-44(55)51-28-52-45(41)57/h3-5,7-24,28-29,39-40,42-43,54,56H,6,25-27H2,1-2H3,(H,58,59)(H,51,52,57)/t39-,40-,42+,43?/m1/s1. The number of methoxy groups -OCH3 is 2. The second kappa shape index (κ2) is 18.6. The van der Waals surface area contributed by atoms with Crippen molar-refractivity contribution in [2.75, 3.05) is 20.8 Å². The molecule has 0 spiro atoms. The summed E-state index contributed by atoms with van der Waals surface area (Å²) in [6.07, 6.45) is -1.09. The third-order valence-corrected chi connectivity index (χ3v) is 12.4. The number of imidazole rings is 1. The lowest BCUT2D eigenvalue weighted by molar-refractivity contribution is -0.0495. The number of carbonyl (C=O) groups is 1. The molecule has 0 radical (unpaired) electrons. The third-order valence-electron chi connectivity index (χ3n) is 11.9. The molecule has 3 heterocycles. The summed E-state index contributed by atoms with van der Waals surface area (Å²) in [5.74, 6) is 1.38. The summed E-state index contributed by atoms with van der Waals surface area (Å²) in [5.41, 5.74) is 1.56. The fraction of sp³-hybridized carbons (Fsp3) is 0.250. The quantitative estimate of drug-likeness (QED) is 0.0545. The summed E-state index contributed by atoms with van der Waals surface area (Å²) >= 11 is 13.0. The molecule has 0 saturated carbocycles. The van der Waals surface area contributed by atoms with Crippen molar-refractivity contribution in [1.29, 1.82) is 0 Å². The maximum atomic E-state index is 13.0. The van der Waals surface area contributed by atoms with Crippen LogP contribution in [0.15, 0.2) is 145 Å². The molecule has 8 rings (SSSR count). The van der Waals surface area contributed by atoms with Crippen molar-refractivity contribution >= 4 is 40.5 Å². The van der Waals surface area contributed by atoms with Gasteiger partial charge in [-0.3, -0.25) is 9.36 Å². The van der Waals surface area contributed by atoms with Gasteiger partial charge in [-0.2, -0.15) is 0 Å². The number of rotatable bonds is 16. The van der Waals surface area contributed by atoms with Crippen LogP contribution in [-0.4, -0.2) is 74.9 Å². The first kappa shape index (κ1) is 43.4. The number of hydrogen-bond acceptors (Lipinski definition) is 9. The van der Waals surface area contributed by atoms with Crippen LogP contribution < -0.4 is 20.3 Å². The van der Waals surface area contributed by atoms with E-state index in [1.165, 1.54) is 12.7 Å².